The van der Waals surface area contributed by atoms with E-state index in [-0.39, 0.29) is 11.9 Å². The second kappa shape index (κ2) is 2.73. The van der Waals surface area contributed by atoms with E-state index in [1.165, 1.54) is 0 Å². The van der Waals surface area contributed by atoms with Crippen LogP contribution in [-0.2, 0) is 4.74 Å². The summed E-state index contributed by atoms with van der Waals surface area (Å²) in [4.78, 5) is 0. The van der Waals surface area contributed by atoms with Crippen LogP contribution < -0.4 is 0 Å². The third-order valence-electron chi connectivity index (χ3n) is 2.28. The number of halogens is 1. The Labute approximate surface area is 65.6 Å². The van der Waals surface area contributed by atoms with Gasteiger partial charge in [0.2, 0.25) is 0 Å². The first-order valence-electron chi connectivity index (χ1n) is 3.67. The van der Waals surface area contributed by atoms with Crippen molar-refractivity contribution in [2.75, 3.05) is 6.61 Å². The lowest BCUT2D eigenvalue weighted by Gasteiger charge is -2.20. The van der Waals surface area contributed by atoms with Crippen LogP contribution in [0.2, 0.25) is 0 Å². The fraction of sp³-hybridized carbons (Fsp3) is 1.00. The van der Waals surface area contributed by atoms with Gasteiger partial charge >= 0.3 is 0 Å². The van der Waals surface area contributed by atoms with Crippen LogP contribution in [0.4, 0.5) is 4.39 Å². The molecule has 5 heteroatoms. The largest absolute Gasteiger partial charge is 0.390 e. The van der Waals surface area contributed by atoms with Crippen molar-refractivity contribution in [3.05, 3.63) is 0 Å². The fourth-order valence-electron chi connectivity index (χ4n) is 1.27. The molecule has 0 radical (unpaired) electrons. The van der Waals surface area contributed by atoms with Crippen molar-refractivity contribution in [2.24, 2.45) is 5.92 Å². The maximum absolute atomic E-state index is 13.2. The molecule has 1 aliphatic rings. The molecule has 0 spiro atoms. The summed E-state index contributed by atoms with van der Waals surface area (Å²) in [6.45, 7) is 0.898. The van der Waals surface area contributed by atoms with Gasteiger partial charge in [-0.05, 0) is 0 Å². The average Bonchev–Trinajstić information content (AvgIpc) is 2.17. The van der Waals surface area contributed by atoms with Crippen molar-refractivity contribution in [3.8, 4) is 0 Å². The van der Waals surface area contributed by atoms with Crippen LogP contribution in [0.3, 0.4) is 0 Å². The minimum absolute atomic E-state index is 0.271. The van der Waals surface area contributed by atoms with E-state index < -0.39 is 18.6 Å². The molecule has 0 aromatic carbocycles. The van der Waals surface area contributed by atoms with Gasteiger partial charge in [0.1, 0.15) is 20.6 Å². The summed E-state index contributed by atoms with van der Waals surface area (Å²) in [5.41, 5.74) is 0. The van der Waals surface area contributed by atoms with E-state index in [0.29, 0.717) is 0 Å². The van der Waals surface area contributed by atoms with Gasteiger partial charge in [-0.1, -0.05) is 6.92 Å². The van der Waals surface area contributed by atoms with Crippen LogP contribution in [-0.4, -0.2) is 42.6 Å². The zero-order valence-corrected chi connectivity index (χ0v) is 6.62. The lowest BCUT2D eigenvalue weighted by atomic mass is 9.86. The number of aliphatic hydroxyl groups excluding tert-OH is 2. The molecule has 1 fully saturated rings. The van der Waals surface area contributed by atoms with E-state index in [1.807, 2.05) is 0 Å². The van der Waals surface area contributed by atoms with Crippen LogP contribution in [0.1, 0.15) is 6.92 Å². The highest BCUT2D eigenvalue weighted by Gasteiger charge is 2.51. The van der Waals surface area contributed by atoms with Crippen molar-refractivity contribution >= 4 is 7.85 Å². The summed E-state index contributed by atoms with van der Waals surface area (Å²) in [6.07, 6.45) is -1.22. The van der Waals surface area contributed by atoms with Gasteiger partial charge in [0.05, 0.1) is 0 Å². The first-order valence-corrected chi connectivity index (χ1v) is 3.67. The summed E-state index contributed by atoms with van der Waals surface area (Å²) in [5, 5.41) is 17.8. The molecular weight excluding hydrogens is 150 g/mol. The Morgan fingerprint density at radius 3 is 2.45 bits per heavy atom. The van der Waals surface area contributed by atoms with E-state index in [0.717, 1.165) is 0 Å². The van der Waals surface area contributed by atoms with Crippen molar-refractivity contribution in [1.82, 2.24) is 0 Å². The molecule has 1 unspecified atom stereocenters. The molecule has 1 rings (SSSR count). The minimum atomic E-state index is -2.25. The Hall–Kier alpha value is -0.125. The highest BCUT2D eigenvalue weighted by molar-refractivity contribution is 6.11. The van der Waals surface area contributed by atoms with E-state index in [9.17, 15) is 9.50 Å². The van der Waals surface area contributed by atoms with Crippen LogP contribution in [0.25, 0.3) is 0 Å². The molecule has 0 amide bonds. The Kier molecular flexibility index (Phi) is 2.23. The average molecular weight is 162 g/mol. The number of hydrogen-bond acceptors (Lipinski definition) is 3. The van der Waals surface area contributed by atoms with Crippen molar-refractivity contribution in [3.63, 3.8) is 0 Å². The molecule has 0 saturated carbocycles. The van der Waals surface area contributed by atoms with Crippen LogP contribution in [0.5, 0.6) is 0 Å². The summed E-state index contributed by atoms with van der Waals surface area (Å²) in [7, 11) is 1.67. The van der Waals surface area contributed by atoms with Crippen molar-refractivity contribution in [1.29, 1.82) is 0 Å². The van der Waals surface area contributed by atoms with Gasteiger partial charge in [-0.15, -0.1) is 0 Å². The maximum atomic E-state index is 13.2. The molecular formula is C6H12BFO3. The summed E-state index contributed by atoms with van der Waals surface area (Å²) >= 11 is 0. The van der Waals surface area contributed by atoms with Crippen molar-refractivity contribution < 1.29 is 19.3 Å². The second-order valence-corrected chi connectivity index (χ2v) is 3.07. The quantitative estimate of drug-likeness (QED) is 0.467. The molecule has 4 atom stereocenters. The molecule has 1 aliphatic heterocycles. The number of ether oxygens (including phenoxy) is 1. The molecule has 0 aliphatic carbocycles. The topological polar surface area (TPSA) is 49.7 Å². The molecule has 0 bridgehead atoms. The molecule has 0 aromatic heterocycles. The first kappa shape index (κ1) is 8.97. The number of alkyl halides is 1. The van der Waals surface area contributed by atoms with Gasteiger partial charge in [-0.3, -0.25) is 0 Å². The molecule has 1 heterocycles. The van der Waals surface area contributed by atoms with Gasteiger partial charge in [0, 0.05) is 11.9 Å². The lowest BCUT2D eigenvalue weighted by molar-refractivity contribution is -0.185. The number of rotatable bonds is 1. The fourth-order valence-corrected chi connectivity index (χ4v) is 1.27. The highest BCUT2D eigenvalue weighted by Crippen LogP contribution is 2.34. The summed E-state index contributed by atoms with van der Waals surface area (Å²) < 4.78 is 18.0. The standard InChI is InChI=1S/C6H12BFO3/c1-3-4(10)6(8,2-9)11-5(3)7/h3-5,9-10H,2,7H2,1H3/t3-,4?,5+,6-/m0/s1. The second-order valence-electron chi connectivity index (χ2n) is 3.07. The number of hydrogen-bond donors (Lipinski definition) is 2. The van der Waals surface area contributed by atoms with E-state index >= 15 is 0 Å². The summed E-state index contributed by atoms with van der Waals surface area (Å²) in [5.74, 6) is -2.52. The molecule has 2 N–H and O–H groups in total. The normalized spacial score (nSPS) is 51.5. The predicted octanol–water partition coefficient (Wildman–Crippen LogP) is -1.37. The summed E-state index contributed by atoms with van der Waals surface area (Å²) in [6, 6.07) is -0.345. The van der Waals surface area contributed by atoms with Crippen LogP contribution >= 0.6 is 0 Å². The lowest BCUT2D eigenvalue weighted by Crippen LogP contribution is -2.39. The zero-order chi connectivity index (χ0) is 8.65. The smallest absolute Gasteiger partial charge is 0.258 e. The zero-order valence-electron chi connectivity index (χ0n) is 6.62. The van der Waals surface area contributed by atoms with Crippen LogP contribution in [0.15, 0.2) is 0 Å². The van der Waals surface area contributed by atoms with Gasteiger partial charge in [-0.2, -0.15) is 0 Å². The minimum Gasteiger partial charge on any atom is -0.390 e. The molecule has 0 aromatic rings. The third-order valence-corrected chi connectivity index (χ3v) is 2.28. The molecule has 11 heavy (non-hydrogen) atoms. The SMILES string of the molecule is B[C@@H]1O[C@@](F)(CO)C(O)[C@@H]1C. The van der Waals surface area contributed by atoms with Gasteiger partial charge in [-0.25, -0.2) is 4.39 Å². The number of aliphatic hydroxyl groups is 2. The monoisotopic (exact) mass is 162 g/mol. The first-order chi connectivity index (χ1) is 5.01. The van der Waals surface area contributed by atoms with Gasteiger partial charge in [0.25, 0.3) is 5.85 Å². The molecule has 64 valence electrons. The maximum Gasteiger partial charge on any atom is 0.258 e. The van der Waals surface area contributed by atoms with E-state index in [4.69, 9.17) is 9.84 Å². The Morgan fingerprint density at radius 2 is 2.27 bits per heavy atom. The van der Waals surface area contributed by atoms with Gasteiger partial charge < -0.3 is 14.9 Å². The third kappa shape index (κ3) is 1.28. The Bertz CT molecular complexity index is 157. The Morgan fingerprint density at radius 1 is 1.73 bits per heavy atom. The Balaban J connectivity index is 2.73. The van der Waals surface area contributed by atoms with Crippen LogP contribution in [0, 0.1) is 5.92 Å². The molecule has 3 nitrogen and oxygen atoms in total. The van der Waals surface area contributed by atoms with E-state index in [2.05, 4.69) is 0 Å². The van der Waals surface area contributed by atoms with Gasteiger partial charge in [0.15, 0.2) is 0 Å². The van der Waals surface area contributed by atoms with E-state index in [1.54, 1.807) is 14.8 Å². The predicted molar refractivity (Wildman–Crippen MR) is 39.5 cm³/mol. The molecule has 1 saturated heterocycles. The van der Waals surface area contributed by atoms with Crippen molar-refractivity contribution in [2.45, 2.75) is 24.9 Å². The highest BCUT2D eigenvalue weighted by atomic mass is 19.2.